The molecule has 6 nitrogen and oxygen atoms in total. The Morgan fingerprint density at radius 1 is 1.17 bits per heavy atom. The third-order valence-electron chi connectivity index (χ3n) is 3.71. The number of hydroxylamine groups is 1. The maximum Gasteiger partial charge on any atom is 0.274 e. The van der Waals surface area contributed by atoms with Gasteiger partial charge in [-0.15, -0.1) is 0 Å². The standard InChI is InChI=1S/C17H15N3O3/c1-11-18-15-5-3-2-4-14(15)17(22)20(11)10-12-6-8-13(9-7-12)16(21)19-23/h2-9,23H,10H2,1H3,(H,19,21). The summed E-state index contributed by atoms with van der Waals surface area (Å²) in [5.74, 6) is 0.0585. The first-order valence-electron chi connectivity index (χ1n) is 7.09. The number of nitrogens with zero attached hydrogens (tertiary/aromatic N) is 2. The van der Waals surface area contributed by atoms with Gasteiger partial charge in [0, 0.05) is 5.56 Å². The summed E-state index contributed by atoms with van der Waals surface area (Å²) in [5, 5.41) is 9.19. The Kier molecular flexibility index (Phi) is 3.91. The largest absolute Gasteiger partial charge is 0.292 e. The van der Waals surface area contributed by atoms with Gasteiger partial charge in [0.05, 0.1) is 17.4 Å². The molecule has 0 spiro atoms. The predicted molar refractivity (Wildman–Crippen MR) is 85.5 cm³/mol. The number of carbonyl (C=O) groups is 1. The molecule has 1 amide bonds. The molecule has 116 valence electrons. The molecule has 0 radical (unpaired) electrons. The Bertz CT molecular complexity index is 930. The second kappa shape index (κ2) is 6.02. The minimum atomic E-state index is -0.572. The Morgan fingerprint density at radius 3 is 2.57 bits per heavy atom. The summed E-state index contributed by atoms with van der Waals surface area (Å²) in [4.78, 5) is 28.4. The number of amides is 1. The zero-order valence-corrected chi connectivity index (χ0v) is 12.5. The monoisotopic (exact) mass is 309 g/mol. The average molecular weight is 309 g/mol. The molecule has 0 atom stereocenters. The van der Waals surface area contributed by atoms with Gasteiger partial charge in [0.15, 0.2) is 0 Å². The fourth-order valence-electron chi connectivity index (χ4n) is 2.47. The molecule has 3 rings (SSSR count). The normalized spacial score (nSPS) is 10.7. The molecule has 0 saturated carbocycles. The van der Waals surface area contributed by atoms with Gasteiger partial charge in [-0.2, -0.15) is 0 Å². The predicted octanol–water partition coefficient (Wildman–Crippen LogP) is 1.87. The van der Waals surface area contributed by atoms with Gasteiger partial charge < -0.3 is 0 Å². The topological polar surface area (TPSA) is 84.2 Å². The van der Waals surface area contributed by atoms with Gasteiger partial charge in [-0.25, -0.2) is 10.5 Å². The van der Waals surface area contributed by atoms with Crippen molar-refractivity contribution >= 4 is 16.8 Å². The maximum absolute atomic E-state index is 12.6. The minimum Gasteiger partial charge on any atom is -0.292 e. The smallest absolute Gasteiger partial charge is 0.274 e. The van der Waals surface area contributed by atoms with E-state index in [0.717, 1.165) is 5.56 Å². The van der Waals surface area contributed by atoms with Crippen molar-refractivity contribution < 1.29 is 10.0 Å². The third-order valence-corrected chi connectivity index (χ3v) is 3.71. The number of carbonyl (C=O) groups excluding carboxylic acids is 1. The summed E-state index contributed by atoms with van der Waals surface area (Å²) in [5.41, 5.74) is 3.38. The number of hydrogen-bond donors (Lipinski definition) is 2. The molecule has 0 aliphatic carbocycles. The lowest BCUT2D eigenvalue weighted by atomic mass is 10.1. The molecule has 2 aromatic carbocycles. The van der Waals surface area contributed by atoms with Crippen molar-refractivity contribution in [2.75, 3.05) is 0 Å². The molecule has 1 aromatic heterocycles. The fraction of sp³-hybridized carbons (Fsp3) is 0.118. The SMILES string of the molecule is Cc1nc2ccccc2c(=O)n1Cc1ccc(C(=O)NO)cc1. The molecule has 0 bridgehead atoms. The van der Waals surface area contributed by atoms with E-state index in [1.807, 2.05) is 18.2 Å². The van der Waals surface area contributed by atoms with Crippen LogP contribution in [0, 0.1) is 6.92 Å². The number of aryl methyl sites for hydroxylation is 1. The van der Waals surface area contributed by atoms with Crippen LogP contribution in [0.4, 0.5) is 0 Å². The lowest BCUT2D eigenvalue weighted by Gasteiger charge is -2.11. The Morgan fingerprint density at radius 2 is 1.87 bits per heavy atom. The fourth-order valence-corrected chi connectivity index (χ4v) is 2.47. The molecular formula is C17H15N3O3. The van der Waals surface area contributed by atoms with Gasteiger partial charge in [-0.05, 0) is 36.8 Å². The summed E-state index contributed by atoms with van der Waals surface area (Å²) in [6.07, 6.45) is 0. The van der Waals surface area contributed by atoms with E-state index in [0.29, 0.717) is 28.8 Å². The van der Waals surface area contributed by atoms with E-state index in [9.17, 15) is 9.59 Å². The van der Waals surface area contributed by atoms with E-state index in [1.54, 1.807) is 47.3 Å². The van der Waals surface area contributed by atoms with Crippen LogP contribution in [0.5, 0.6) is 0 Å². The quantitative estimate of drug-likeness (QED) is 0.571. The van der Waals surface area contributed by atoms with Gasteiger partial charge in [-0.1, -0.05) is 24.3 Å². The first-order chi connectivity index (χ1) is 11.1. The van der Waals surface area contributed by atoms with Crippen molar-refractivity contribution in [3.8, 4) is 0 Å². The zero-order valence-electron chi connectivity index (χ0n) is 12.5. The first kappa shape index (κ1) is 14.9. The number of fused-ring (bicyclic) bond motifs is 1. The summed E-state index contributed by atoms with van der Waals surface area (Å²) in [6, 6.07) is 13.9. The minimum absolute atomic E-state index is 0.0923. The summed E-state index contributed by atoms with van der Waals surface area (Å²) >= 11 is 0. The molecule has 0 unspecified atom stereocenters. The summed E-state index contributed by atoms with van der Waals surface area (Å²) in [6.45, 7) is 2.16. The van der Waals surface area contributed by atoms with Crippen LogP contribution in [0.3, 0.4) is 0 Å². The van der Waals surface area contributed by atoms with Crippen LogP contribution in [-0.4, -0.2) is 20.7 Å². The molecule has 23 heavy (non-hydrogen) atoms. The number of para-hydroxylation sites is 1. The second-order valence-electron chi connectivity index (χ2n) is 5.21. The van der Waals surface area contributed by atoms with Crippen molar-refractivity contribution in [3.63, 3.8) is 0 Å². The van der Waals surface area contributed by atoms with E-state index in [1.165, 1.54) is 0 Å². The number of nitrogens with one attached hydrogen (secondary N) is 1. The van der Waals surface area contributed by atoms with E-state index < -0.39 is 5.91 Å². The Labute approximate surface area is 132 Å². The highest BCUT2D eigenvalue weighted by atomic mass is 16.5. The maximum atomic E-state index is 12.6. The highest BCUT2D eigenvalue weighted by molar-refractivity contribution is 5.93. The van der Waals surface area contributed by atoms with Crippen molar-refractivity contribution in [1.82, 2.24) is 15.0 Å². The van der Waals surface area contributed by atoms with Crippen LogP contribution < -0.4 is 11.0 Å². The van der Waals surface area contributed by atoms with Crippen LogP contribution in [0.15, 0.2) is 53.3 Å². The van der Waals surface area contributed by atoms with Crippen LogP contribution in [-0.2, 0) is 6.54 Å². The van der Waals surface area contributed by atoms with Crippen molar-refractivity contribution in [3.05, 3.63) is 75.8 Å². The molecule has 0 fully saturated rings. The van der Waals surface area contributed by atoms with Gasteiger partial charge in [0.25, 0.3) is 11.5 Å². The number of benzene rings is 2. The number of aromatic nitrogens is 2. The van der Waals surface area contributed by atoms with E-state index in [-0.39, 0.29) is 5.56 Å². The molecule has 2 N–H and O–H groups in total. The Balaban J connectivity index is 1.98. The molecule has 6 heteroatoms. The lowest BCUT2D eigenvalue weighted by Crippen LogP contribution is -2.24. The van der Waals surface area contributed by atoms with Crippen LogP contribution >= 0.6 is 0 Å². The van der Waals surface area contributed by atoms with Crippen LogP contribution in [0.25, 0.3) is 10.9 Å². The molecule has 3 aromatic rings. The van der Waals surface area contributed by atoms with Crippen molar-refractivity contribution in [2.24, 2.45) is 0 Å². The molecule has 0 aliphatic rings. The summed E-state index contributed by atoms with van der Waals surface area (Å²) < 4.78 is 1.60. The van der Waals surface area contributed by atoms with E-state index >= 15 is 0 Å². The lowest BCUT2D eigenvalue weighted by molar-refractivity contribution is 0.0706. The van der Waals surface area contributed by atoms with Gasteiger partial charge >= 0.3 is 0 Å². The van der Waals surface area contributed by atoms with Gasteiger partial charge in [0.1, 0.15) is 5.82 Å². The zero-order chi connectivity index (χ0) is 16.4. The van der Waals surface area contributed by atoms with E-state index in [2.05, 4.69) is 4.98 Å². The van der Waals surface area contributed by atoms with Crippen molar-refractivity contribution in [2.45, 2.75) is 13.5 Å². The van der Waals surface area contributed by atoms with Crippen LogP contribution in [0.1, 0.15) is 21.7 Å². The Hall–Kier alpha value is -2.99. The first-order valence-corrected chi connectivity index (χ1v) is 7.09. The van der Waals surface area contributed by atoms with Gasteiger partial charge in [0.2, 0.25) is 0 Å². The molecule has 0 aliphatic heterocycles. The van der Waals surface area contributed by atoms with Crippen LogP contribution in [0.2, 0.25) is 0 Å². The highest BCUT2D eigenvalue weighted by Crippen LogP contribution is 2.10. The number of hydrogen-bond acceptors (Lipinski definition) is 4. The average Bonchev–Trinajstić information content (AvgIpc) is 2.58. The van der Waals surface area contributed by atoms with Gasteiger partial charge in [-0.3, -0.25) is 19.4 Å². The van der Waals surface area contributed by atoms with E-state index in [4.69, 9.17) is 5.21 Å². The highest BCUT2D eigenvalue weighted by Gasteiger charge is 2.09. The number of rotatable bonds is 3. The molecule has 0 saturated heterocycles. The van der Waals surface area contributed by atoms with Crippen molar-refractivity contribution in [1.29, 1.82) is 0 Å². The second-order valence-corrected chi connectivity index (χ2v) is 5.21. The third kappa shape index (κ3) is 2.84. The molecule has 1 heterocycles. The molecular weight excluding hydrogens is 294 g/mol. The summed E-state index contributed by atoms with van der Waals surface area (Å²) in [7, 11) is 0.